The molecule has 1 unspecified atom stereocenters. The molecule has 0 aromatic heterocycles. The second-order valence-corrected chi connectivity index (χ2v) is 3.62. The Morgan fingerprint density at radius 3 is 2.70 bits per heavy atom. The van der Waals surface area contributed by atoms with Gasteiger partial charge in [-0.25, -0.2) is 0 Å². The van der Waals surface area contributed by atoms with Gasteiger partial charge in [-0.2, -0.15) is 0 Å². The van der Waals surface area contributed by atoms with E-state index in [9.17, 15) is 0 Å². The van der Waals surface area contributed by atoms with E-state index < -0.39 is 0 Å². The van der Waals surface area contributed by atoms with Gasteiger partial charge in [0.1, 0.15) is 0 Å². The van der Waals surface area contributed by atoms with Crippen molar-refractivity contribution in [3.8, 4) is 0 Å². The minimum atomic E-state index is 0.182. The number of hydrogen-bond acceptors (Lipinski definition) is 2. The van der Waals surface area contributed by atoms with E-state index in [1.807, 2.05) is 0 Å². The van der Waals surface area contributed by atoms with Gasteiger partial charge < -0.3 is 10.6 Å². The summed E-state index contributed by atoms with van der Waals surface area (Å²) >= 11 is 0. The van der Waals surface area contributed by atoms with Crippen molar-refractivity contribution in [2.45, 2.75) is 18.4 Å². The Bertz CT molecular complexity index is 170. The quantitative estimate of drug-likeness (QED) is 0.573. The third kappa shape index (κ3) is 0.833. The van der Waals surface area contributed by atoms with Crippen molar-refractivity contribution in [1.29, 1.82) is 0 Å². The Hall–Kier alpha value is -0.500. The van der Waals surface area contributed by atoms with Gasteiger partial charge in [-0.1, -0.05) is 6.08 Å². The molecule has 0 amide bonds. The van der Waals surface area contributed by atoms with Crippen LogP contribution in [0.25, 0.3) is 0 Å². The molecule has 0 aromatic carbocycles. The van der Waals surface area contributed by atoms with Gasteiger partial charge in [0.2, 0.25) is 0 Å². The average molecular weight is 138 g/mol. The first-order valence-corrected chi connectivity index (χ1v) is 3.88. The van der Waals surface area contributed by atoms with E-state index in [1.54, 1.807) is 0 Å². The summed E-state index contributed by atoms with van der Waals surface area (Å²) in [4.78, 5) is 2.21. The van der Waals surface area contributed by atoms with E-state index in [0.717, 1.165) is 6.54 Å². The third-order valence-corrected chi connectivity index (χ3v) is 2.62. The molecule has 1 aliphatic heterocycles. The van der Waals surface area contributed by atoms with E-state index in [-0.39, 0.29) is 5.54 Å². The summed E-state index contributed by atoms with van der Waals surface area (Å²) in [6.45, 7) is 1.12. The smallest absolute Gasteiger partial charge is 0.0250 e. The van der Waals surface area contributed by atoms with E-state index in [1.165, 1.54) is 12.8 Å². The second kappa shape index (κ2) is 1.76. The van der Waals surface area contributed by atoms with Crippen molar-refractivity contribution < 1.29 is 0 Å². The van der Waals surface area contributed by atoms with Gasteiger partial charge in [-0.3, -0.25) is 0 Å². The van der Waals surface area contributed by atoms with Gasteiger partial charge >= 0.3 is 0 Å². The van der Waals surface area contributed by atoms with Crippen molar-refractivity contribution in [1.82, 2.24) is 4.90 Å². The molecule has 0 bridgehead atoms. The lowest BCUT2D eigenvalue weighted by Gasteiger charge is -2.17. The van der Waals surface area contributed by atoms with E-state index >= 15 is 0 Å². The first-order chi connectivity index (χ1) is 4.71. The molecular formula is C8H14N2. The minimum absolute atomic E-state index is 0.182. The number of nitrogens with zero attached hydrogens (tertiary/aromatic N) is 1. The van der Waals surface area contributed by atoms with Crippen LogP contribution in [0.1, 0.15) is 12.8 Å². The molecule has 1 saturated carbocycles. The number of rotatable bonds is 1. The molecule has 1 fully saturated rings. The highest BCUT2D eigenvalue weighted by Crippen LogP contribution is 2.41. The van der Waals surface area contributed by atoms with Crippen LogP contribution in [0.2, 0.25) is 0 Å². The molecule has 2 nitrogen and oxygen atoms in total. The van der Waals surface area contributed by atoms with Gasteiger partial charge in [-0.05, 0) is 19.0 Å². The van der Waals surface area contributed by atoms with Gasteiger partial charge in [0.05, 0.1) is 0 Å². The topological polar surface area (TPSA) is 29.3 Å². The van der Waals surface area contributed by atoms with E-state index in [2.05, 4.69) is 24.2 Å². The molecule has 1 heterocycles. The molecule has 56 valence electrons. The maximum atomic E-state index is 6.04. The Morgan fingerprint density at radius 1 is 1.60 bits per heavy atom. The largest absolute Gasteiger partial charge is 0.380 e. The second-order valence-electron chi connectivity index (χ2n) is 3.62. The normalized spacial score (nSPS) is 35.0. The first kappa shape index (κ1) is 6.23. The molecule has 1 atom stereocenters. The van der Waals surface area contributed by atoms with Crippen LogP contribution in [0, 0.1) is 5.92 Å². The Kier molecular flexibility index (Phi) is 1.09. The highest BCUT2D eigenvalue weighted by Gasteiger charge is 2.45. The van der Waals surface area contributed by atoms with Crippen molar-refractivity contribution in [2.24, 2.45) is 11.7 Å². The van der Waals surface area contributed by atoms with Crippen LogP contribution in [0.3, 0.4) is 0 Å². The van der Waals surface area contributed by atoms with Crippen LogP contribution in [-0.4, -0.2) is 24.0 Å². The molecule has 2 rings (SSSR count). The fraction of sp³-hybridized carbons (Fsp3) is 0.750. The zero-order valence-electron chi connectivity index (χ0n) is 6.38. The van der Waals surface area contributed by atoms with Crippen LogP contribution < -0.4 is 5.73 Å². The summed E-state index contributed by atoms with van der Waals surface area (Å²) in [5.41, 5.74) is 6.22. The highest BCUT2D eigenvalue weighted by atomic mass is 15.1. The monoisotopic (exact) mass is 138 g/mol. The van der Waals surface area contributed by atoms with Crippen LogP contribution in [0.4, 0.5) is 0 Å². The third-order valence-electron chi connectivity index (χ3n) is 2.62. The van der Waals surface area contributed by atoms with Gasteiger partial charge in [-0.15, -0.1) is 0 Å². The van der Waals surface area contributed by atoms with Crippen LogP contribution in [0.15, 0.2) is 12.3 Å². The van der Waals surface area contributed by atoms with E-state index in [4.69, 9.17) is 5.73 Å². The molecule has 1 aliphatic carbocycles. The fourth-order valence-electron chi connectivity index (χ4n) is 1.57. The first-order valence-electron chi connectivity index (χ1n) is 3.88. The Balaban J connectivity index is 2.02. The zero-order valence-corrected chi connectivity index (χ0v) is 6.38. The SMILES string of the molecule is CN1C=CC(C2(N)CC2)C1. The predicted octanol–water partition coefficient (Wildman–Crippen LogP) is 0.553. The van der Waals surface area contributed by atoms with Crippen LogP contribution >= 0.6 is 0 Å². The lowest BCUT2D eigenvalue weighted by Crippen LogP contribution is -2.34. The van der Waals surface area contributed by atoms with Gasteiger partial charge in [0.25, 0.3) is 0 Å². The maximum Gasteiger partial charge on any atom is 0.0250 e. The van der Waals surface area contributed by atoms with Gasteiger partial charge in [0, 0.05) is 25.0 Å². The van der Waals surface area contributed by atoms with Crippen molar-refractivity contribution in [3.05, 3.63) is 12.3 Å². The number of hydrogen-bond donors (Lipinski definition) is 1. The van der Waals surface area contributed by atoms with Crippen LogP contribution in [0.5, 0.6) is 0 Å². The standard InChI is InChI=1S/C8H14N2/c1-10-5-2-7(6-10)8(9)3-4-8/h2,5,7H,3-4,6,9H2,1H3. The van der Waals surface area contributed by atoms with Crippen molar-refractivity contribution in [3.63, 3.8) is 0 Å². The summed E-state index contributed by atoms with van der Waals surface area (Å²) in [7, 11) is 2.10. The average Bonchev–Trinajstić information content (AvgIpc) is 2.45. The molecule has 2 N–H and O–H groups in total. The number of nitrogens with two attached hydrogens (primary N) is 1. The minimum Gasteiger partial charge on any atom is -0.380 e. The summed E-state index contributed by atoms with van der Waals surface area (Å²) in [6.07, 6.45) is 6.82. The predicted molar refractivity (Wildman–Crippen MR) is 41.4 cm³/mol. The van der Waals surface area contributed by atoms with Crippen LogP contribution in [-0.2, 0) is 0 Å². The summed E-state index contributed by atoms with van der Waals surface area (Å²) in [5.74, 6) is 0.623. The summed E-state index contributed by atoms with van der Waals surface area (Å²) in [6, 6.07) is 0. The zero-order chi connectivity index (χ0) is 7.19. The lowest BCUT2D eigenvalue weighted by atomic mass is 10.0. The lowest BCUT2D eigenvalue weighted by molar-refractivity contribution is 0.385. The molecule has 2 heteroatoms. The summed E-state index contributed by atoms with van der Waals surface area (Å²) < 4.78 is 0. The molecule has 10 heavy (non-hydrogen) atoms. The molecule has 2 aliphatic rings. The Labute approximate surface area is 61.7 Å². The summed E-state index contributed by atoms with van der Waals surface area (Å²) in [5, 5.41) is 0. The molecule has 0 spiro atoms. The molecule has 0 saturated heterocycles. The molecule has 0 aromatic rings. The molecule has 0 radical (unpaired) electrons. The fourth-order valence-corrected chi connectivity index (χ4v) is 1.57. The molecular weight excluding hydrogens is 124 g/mol. The van der Waals surface area contributed by atoms with Crippen molar-refractivity contribution >= 4 is 0 Å². The van der Waals surface area contributed by atoms with E-state index in [0.29, 0.717) is 5.92 Å². The van der Waals surface area contributed by atoms with Gasteiger partial charge in [0.15, 0.2) is 0 Å². The van der Waals surface area contributed by atoms with Crippen molar-refractivity contribution in [2.75, 3.05) is 13.6 Å². The maximum absolute atomic E-state index is 6.04. The Morgan fingerprint density at radius 2 is 2.30 bits per heavy atom. The highest BCUT2D eigenvalue weighted by molar-refractivity contribution is 5.14.